The monoisotopic (exact) mass is 297 g/mol. The Kier molecular flexibility index (Phi) is 6.65. The lowest BCUT2D eigenvalue weighted by Crippen LogP contribution is -2.50. The second-order valence-corrected chi connectivity index (χ2v) is 6.00. The first-order valence-corrected chi connectivity index (χ1v) is 7.60. The van der Waals surface area contributed by atoms with E-state index in [4.69, 9.17) is 0 Å². The molecule has 0 saturated carbocycles. The molecule has 0 radical (unpaired) electrons. The van der Waals surface area contributed by atoms with Gasteiger partial charge in [0.25, 0.3) is 0 Å². The fraction of sp³-hybridized carbons (Fsp3) is 0.800. The molecule has 6 nitrogen and oxygen atoms in total. The Balaban J connectivity index is 2.39. The van der Waals surface area contributed by atoms with Crippen molar-refractivity contribution in [3.8, 4) is 0 Å². The van der Waals surface area contributed by atoms with Gasteiger partial charge in [0.05, 0.1) is 0 Å². The summed E-state index contributed by atoms with van der Waals surface area (Å²) in [5.41, 5.74) is 0. The molecule has 6 heteroatoms. The first-order valence-electron chi connectivity index (χ1n) is 7.60. The van der Waals surface area contributed by atoms with Gasteiger partial charge in [0.15, 0.2) is 0 Å². The van der Waals surface area contributed by atoms with Gasteiger partial charge >= 0.3 is 0 Å². The third-order valence-electron chi connectivity index (χ3n) is 3.70. The van der Waals surface area contributed by atoms with Gasteiger partial charge in [-0.25, -0.2) is 0 Å². The molecule has 0 spiro atoms. The van der Waals surface area contributed by atoms with Crippen LogP contribution < -0.4 is 0 Å². The molecular formula is C15H27N3O3. The van der Waals surface area contributed by atoms with Gasteiger partial charge in [0, 0.05) is 59.5 Å². The number of carbonyl (C=O) groups is 3. The molecule has 1 aliphatic heterocycles. The summed E-state index contributed by atoms with van der Waals surface area (Å²) in [4.78, 5) is 40.2. The number of rotatable bonds is 5. The van der Waals surface area contributed by atoms with Gasteiger partial charge in [-0.15, -0.1) is 0 Å². The summed E-state index contributed by atoms with van der Waals surface area (Å²) in [6.07, 6.45) is 0.354. The number of nitrogens with zero attached hydrogens (tertiary/aromatic N) is 3. The van der Waals surface area contributed by atoms with E-state index in [1.165, 1.54) is 0 Å². The second-order valence-electron chi connectivity index (χ2n) is 6.00. The maximum atomic E-state index is 12.2. The van der Waals surface area contributed by atoms with E-state index in [9.17, 15) is 14.4 Å². The molecule has 0 aromatic rings. The molecule has 1 saturated heterocycles. The first kappa shape index (κ1) is 17.5. The molecule has 1 heterocycles. The predicted octanol–water partition coefficient (Wildman–Crippen LogP) is 0.572. The van der Waals surface area contributed by atoms with Crippen molar-refractivity contribution in [3.05, 3.63) is 0 Å². The van der Waals surface area contributed by atoms with E-state index in [0.717, 1.165) is 0 Å². The Morgan fingerprint density at radius 3 is 1.95 bits per heavy atom. The minimum atomic E-state index is 0.0119. The third-order valence-corrected chi connectivity index (χ3v) is 3.70. The minimum Gasteiger partial charge on any atom is -0.342 e. The third kappa shape index (κ3) is 5.73. The topological polar surface area (TPSA) is 60.9 Å². The second kappa shape index (κ2) is 8.00. The molecule has 1 rings (SSSR count). The minimum absolute atomic E-state index is 0.0119. The van der Waals surface area contributed by atoms with Gasteiger partial charge in [-0.1, -0.05) is 13.8 Å². The van der Waals surface area contributed by atoms with Crippen LogP contribution in [-0.4, -0.2) is 71.7 Å². The van der Waals surface area contributed by atoms with Crippen LogP contribution in [0, 0.1) is 5.92 Å². The average Bonchev–Trinajstić information content (AvgIpc) is 2.42. The highest BCUT2D eigenvalue weighted by Crippen LogP contribution is 2.06. The standard InChI is InChI=1S/C15H27N3O3/c1-12(2)11-18(14(4)20)6-5-15(21)17-9-7-16(8-10-17)13(3)19/h12H,5-11H2,1-4H3. The van der Waals surface area contributed by atoms with Crippen LogP contribution in [0.1, 0.15) is 34.1 Å². The first-order chi connectivity index (χ1) is 9.81. The largest absolute Gasteiger partial charge is 0.342 e. The SMILES string of the molecule is CC(=O)N1CCN(C(=O)CCN(CC(C)C)C(C)=O)CC1. The van der Waals surface area contributed by atoms with E-state index in [2.05, 4.69) is 13.8 Å². The molecule has 0 atom stereocenters. The van der Waals surface area contributed by atoms with Crippen LogP contribution in [-0.2, 0) is 14.4 Å². The van der Waals surface area contributed by atoms with E-state index < -0.39 is 0 Å². The fourth-order valence-corrected chi connectivity index (χ4v) is 2.48. The lowest BCUT2D eigenvalue weighted by Gasteiger charge is -2.34. The smallest absolute Gasteiger partial charge is 0.224 e. The van der Waals surface area contributed by atoms with E-state index in [0.29, 0.717) is 51.6 Å². The van der Waals surface area contributed by atoms with Crippen molar-refractivity contribution >= 4 is 17.7 Å². The highest BCUT2D eigenvalue weighted by molar-refractivity contribution is 5.79. The number of piperazine rings is 1. The summed E-state index contributed by atoms with van der Waals surface area (Å²) in [5.74, 6) is 0.524. The van der Waals surface area contributed by atoms with Gasteiger partial charge in [0.1, 0.15) is 0 Å². The molecule has 0 bridgehead atoms. The Morgan fingerprint density at radius 2 is 1.52 bits per heavy atom. The van der Waals surface area contributed by atoms with Gasteiger partial charge in [-0.3, -0.25) is 14.4 Å². The maximum absolute atomic E-state index is 12.2. The molecule has 0 aliphatic carbocycles. The zero-order chi connectivity index (χ0) is 16.0. The van der Waals surface area contributed by atoms with Crippen molar-refractivity contribution in [3.63, 3.8) is 0 Å². The summed E-state index contributed by atoms with van der Waals surface area (Å²) >= 11 is 0. The molecule has 0 aromatic heterocycles. The summed E-state index contributed by atoms with van der Waals surface area (Å²) < 4.78 is 0. The Bertz CT molecular complexity index is 388. The lowest BCUT2D eigenvalue weighted by molar-refractivity contribution is -0.139. The zero-order valence-corrected chi connectivity index (χ0v) is 13.6. The number of hydrogen-bond donors (Lipinski definition) is 0. The van der Waals surface area contributed by atoms with Crippen LogP contribution in [0.5, 0.6) is 0 Å². The maximum Gasteiger partial charge on any atom is 0.224 e. The molecular weight excluding hydrogens is 270 g/mol. The van der Waals surface area contributed by atoms with Crippen molar-refractivity contribution in [2.24, 2.45) is 5.92 Å². The number of carbonyl (C=O) groups excluding carboxylic acids is 3. The summed E-state index contributed by atoms with van der Waals surface area (Å²) in [6, 6.07) is 0. The number of hydrogen-bond acceptors (Lipinski definition) is 3. The van der Waals surface area contributed by atoms with E-state index in [1.54, 1.807) is 28.5 Å². The Morgan fingerprint density at radius 1 is 1.00 bits per heavy atom. The van der Waals surface area contributed by atoms with Crippen LogP contribution >= 0.6 is 0 Å². The molecule has 1 aliphatic rings. The van der Waals surface area contributed by atoms with Gasteiger partial charge in [-0.05, 0) is 5.92 Å². The number of amides is 3. The van der Waals surface area contributed by atoms with Gasteiger partial charge in [0.2, 0.25) is 17.7 Å². The van der Waals surface area contributed by atoms with Crippen LogP contribution in [0.4, 0.5) is 0 Å². The van der Waals surface area contributed by atoms with Gasteiger partial charge < -0.3 is 14.7 Å². The molecule has 0 unspecified atom stereocenters. The summed E-state index contributed by atoms with van der Waals surface area (Å²) in [5, 5.41) is 0. The van der Waals surface area contributed by atoms with E-state index >= 15 is 0 Å². The fourth-order valence-electron chi connectivity index (χ4n) is 2.48. The van der Waals surface area contributed by atoms with Crippen molar-refractivity contribution in [2.75, 3.05) is 39.3 Å². The van der Waals surface area contributed by atoms with Crippen LogP contribution in [0.15, 0.2) is 0 Å². The lowest BCUT2D eigenvalue weighted by atomic mass is 10.2. The van der Waals surface area contributed by atoms with Crippen LogP contribution in [0.2, 0.25) is 0 Å². The van der Waals surface area contributed by atoms with Crippen LogP contribution in [0.3, 0.4) is 0 Å². The van der Waals surface area contributed by atoms with E-state index in [-0.39, 0.29) is 17.7 Å². The Hall–Kier alpha value is -1.59. The molecule has 1 fully saturated rings. The van der Waals surface area contributed by atoms with E-state index in [1.807, 2.05) is 0 Å². The van der Waals surface area contributed by atoms with Crippen molar-refractivity contribution < 1.29 is 14.4 Å². The molecule has 3 amide bonds. The van der Waals surface area contributed by atoms with Crippen molar-refractivity contribution in [1.29, 1.82) is 0 Å². The zero-order valence-electron chi connectivity index (χ0n) is 13.6. The molecule has 0 aromatic carbocycles. The molecule has 0 N–H and O–H groups in total. The predicted molar refractivity (Wildman–Crippen MR) is 80.5 cm³/mol. The highest BCUT2D eigenvalue weighted by atomic mass is 16.2. The van der Waals surface area contributed by atoms with Crippen LogP contribution in [0.25, 0.3) is 0 Å². The Labute approximate surface area is 127 Å². The normalized spacial score (nSPS) is 15.3. The quantitative estimate of drug-likeness (QED) is 0.745. The average molecular weight is 297 g/mol. The molecule has 120 valence electrons. The summed E-state index contributed by atoms with van der Waals surface area (Å²) in [7, 11) is 0. The van der Waals surface area contributed by atoms with Crippen molar-refractivity contribution in [2.45, 2.75) is 34.1 Å². The summed E-state index contributed by atoms with van der Waals surface area (Å²) in [6.45, 7) is 10.7. The van der Waals surface area contributed by atoms with Gasteiger partial charge in [-0.2, -0.15) is 0 Å². The van der Waals surface area contributed by atoms with Crippen molar-refractivity contribution in [1.82, 2.24) is 14.7 Å². The molecule has 21 heavy (non-hydrogen) atoms. The highest BCUT2D eigenvalue weighted by Gasteiger charge is 2.23.